The number of pyridine rings is 3. The van der Waals surface area contributed by atoms with Crippen molar-refractivity contribution in [3.63, 3.8) is 0 Å². The summed E-state index contributed by atoms with van der Waals surface area (Å²) in [5.41, 5.74) is 8.86. The number of amides is 1. The van der Waals surface area contributed by atoms with Gasteiger partial charge in [-0.15, -0.1) is 0 Å². The van der Waals surface area contributed by atoms with Crippen LogP contribution >= 0.6 is 0 Å². The number of rotatable bonds is 3. The first kappa shape index (κ1) is 17.6. The van der Waals surface area contributed by atoms with Crippen LogP contribution in [-0.2, 0) is 4.79 Å². The molecule has 2 fully saturated rings. The van der Waals surface area contributed by atoms with Gasteiger partial charge in [0.15, 0.2) is 0 Å². The predicted molar refractivity (Wildman–Crippen MR) is 109 cm³/mol. The molecule has 29 heavy (non-hydrogen) atoms. The number of carbonyl (C=O) groups excluding carboxylic acids is 1. The second kappa shape index (κ2) is 6.52. The van der Waals surface area contributed by atoms with Crippen molar-refractivity contribution in [2.45, 2.75) is 19.8 Å². The van der Waals surface area contributed by atoms with Crippen LogP contribution < -0.4 is 11.1 Å². The van der Waals surface area contributed by atoms with E-state index >= 15 is 0 Å². The maximum Gasteiger partial charge on any atom is 0.229 e. The number of nitrogens with one attached hydrogen (secondary N) is 1. The van der Waals surface area contributed by atoms with Crippen LogP contribution in [0.15, 0.2) is 36.8 Å². The summed E-state index contributed by atoms with van der Waals surface area (Å²) in [6, 6.07) is 8.02. The minimum atomic E-state index is -0.0676. The highest BCUT2D eigenvalue weighted by atomic mass is 16.2. The summed E-state index contributed by atoms with van der Waals surface area (Å²) < 4.78 is 0. The molecule has 1 unspecified atom stereocenters. The molecule has 3 heterocycles. The number of hydrogen-bond acceptors (Lipinski definition) is 6. The lowest BCUT2D eigenvalue weighted by atomic mass is 10.0. The average Bonchev–Trinajstić information content (AvgIpc) is 3.28. The number of hydrogen-bond donors (Lipinski definition) is 2. The first-order valence-electron chi connectivity index (χ1n) is 9.74. The highest BCUT2D eigenvalue weighted by molar-refractivity contribution is 5.98. The van der Waals surface area contributed by atoms with Gasteiger partial charge in [-0.25, -0.2) is 9.97 Å². The van der Waals surface area contributed by atoms with Crippen LogP contribution in [0, 0.1) is 41.9 Å². The molecule has 144 valence electrons. The van der Waals surface area contributed by atoms with Crippen molar-refractivity contribution in [3.05, 3.63) is 42.4 Å². The summed E-state index contributed by atoms with van der Waals surface area (Å²) in [7, 11) is 0. The molecule has 7 heteroatoms. The summed E-state index contributed by atoms with van der Waals surface area (Å²) in [4.78, 5) is 25.7. The summed E-state index contributed by atoms with van der Waals surface area (Å²) in [5, 5.41) is 13.7. The molecule has 2 aliphatic carbocycles. The highest BCUT2D eigenvalue weighted by Gasteiger charge is 2.61. The predicted octanol–water partition coefficient (Wildman–Crippen LogP) is 3.32. The van der Waals surface area contributed by atoms with E-state index in [1.807, 2.05) is 25.1 Å². The van der Waals surface area contributed by atoms with Crippen molar-refractivity contribution in [1.82, 2.24) is 15.0 Å². The Balaban J connectivity index is 1.44. The van der Waals surface area contributed by atoms with E-state index in [2.05, 4.69) is 26.3 Å². The Kier molecular flexibility index (Phi) is 3.95. The molecule has 0 radical (unpaired) electrons. The van der Waals surface area contributed by atoms with Crippen LogP contribution in [0.4, 0.5) is 11.6 Å². The van der Waals surface area contributed by atoms with Gasteiger partial charge in [0.25, 0.3) is 0 Å². The SMILES string of the molecule is Cc1ccncc1-c1cc2cc(NC(=O)[C@@H]3C4CC[C@H](C#N)[C@@H]43)ncc2c(N)n1. The number of anilines is 2. The molecule has 0 saturated heterocycles. The number of nitrogen functional groups attached to an aromatic ring is 1. The maximum absolute atomic E-state index is 12.7. The smallest absolute Gasteiger partial charge is 0.229 e. The normalized spacial score (nSPS) is 24.7. The summed E-state index contributed by atoms with van der Waals surface area (Å²) in [6.45, 7) is 2.00. The van der Waals surface area contributed by atoms with Gasteiger partial charge in [-0.1, -0.05) is 0 Å². The van der Waals surface area contributed by atoms with E-state index in [9.17, 15) is 10.1 Å². The van der Waals surface area contributed by atoms with Crippen LogP contribution in [0.3, 0.4) is 0 Å². The fourth-order valence-electron chi connectivity index (χ4n) is 4.73. The minimum absolute atomic E-state index is 0.0106. The number of nitrogens with zero attached hydrogens (tertiary/aromatic N) is 4. The summed E-state index contributed by atoms with van der Waals surface area (Å²) >= 11 is 0. The topological polar surface area (TPSA) is 118 Å². The van der Waals surface area contributed by atoms with Gasteiger partial charge < -0.3 is 11.1 Å². The van der Waals surface area contributed by atoms with Crippen LogP contribution in [0.1, 0.15) is 18.4 Å². The van der Waals surface area contributed by atoms with Crippen molar-refractivity contribution in [2.75, 3.05) is 11.1 Å². The molecule has 3 N–H and O–H groups in total. The fraction of sp³-hybridized carbons (Fsp3) is 0.318. The monoisotopic (exact) mass is 384 g/mol. The number of carbonyl (C=O) groups is 1. The van der Waals surface area contributed by atoms with Crippen molar-refractivity contribution < 1.29 is 4.79 Å². The van der Waals surface area contributed by atoms with E-state index in [0.717, 1.165) is 40.4 Å². The highest BCUT2D eigenvalue weighted by Crippen LogP contribution is 2.60. The molecule has 3 aromatic heterocycles. The zero-order chi connectivity index (χ0) is 20.1. The molecule has 2 aliphatic rings. The molecule has 1 amide bonds. The number of aryl methyl sites for hydroxylation is 1. The minimum Gasteiger partial charge on any atom is -0.383 e. The molecular formula is C22H20N6O. The van der Waals surface area contributed by atoms with Crippen molar-refractivity contribution in [3.8, 4) is 17.3 Å². The number of nitrogens with two attached hydrogens (primary N) is 1. The van der Waals surface area contributed by atoms with E-state index in [4.69, 9.17) is 5.73 Å². The van der Waals surface area contributed by atoms with Gasteiger partial charge in [0.1, 0.15) is 11.6 Å². The zero-order valence-corrected chi connectivity index (χ0v) is 16.0. The van der Waals surface area contributed by atoms with Crippen LogP contribution in [-0.4, -0.2) is 20.9 Å². The Labute approximate surface area is 168 Å². The molecule has 0 aliphatic heterocycles. The molecule has 0 bridgehead atoms. The lowest BCUT2D eigenvalue weighted by Gasteiger charge is -2.11. The van der Waals surface area contributed by atoms with Crippen molar-refractivity contribution >= 4 is 28.3 Å². The summed E-state index contributed by atoms with van der Waals surface area (Å²) in [5.74, 6) is 1.33. The Morgan fingerprint density at radius 1 is 1.31 bits per heavy atom. The Morgan fingerprint density at radius 2 is 2.17 bits per heavy atom. The average molecular weight is 384 g/mol. The molecule has 0 aromatic carbocycles. The first-order valence-corrected chi connectivity index (χ1v) is 9.74. The molecule has 7 nitrogen and oxygen atoms in total. The van der Waals surface area contributed by atoms with Gasteiger partial charge in [-0.3, -0.25) is 9.78 Å². The van der Waals surface area contributed by atoms with E-state index in [0.29, 0.717) is 17.6 Å². The largest absolute Gasteiger partial charge is 0.383 e. The van der Waals surface area contributed by atoms with Crippen molar-refractivity contribution in [2.24, 2.45) is 23.7 Å². The number of aromatic nitrogens is 3. The van der Waals surface area contributed by atoms with E-state index in [1.165, 1.54) is 0 Å². The van der Waals surface area contributed by atoms with E-state index in [-0.39, 0.29) is 23.7 Å². The van der Waals surface area contributed by atoms with Gasteiger partial charge >= 0.3 is 0 Å². The quantitative estimate of drug-likeness (QED) is 0.715. The lowest BCUT2D eigenvalue weighted by Crippen LogP contribution is -2.19. The lowest BCUT2D eigenvalue weighted by molar-refractivity contribution is -0.118. The Morgan fingerprint density at radius 3 is 2.97 bits per heavy atom. The van der Waals surface area contributed by atoms with Gasteiger partial charge in [-0.05, 0) is 60.7 Å². The molecule has 0 spiro atoms. The van der Waals surface area contributed by atoms with Gasteiger partial charge in [0.2, 0.25) is 5.91 Å². The van der Waals surface area contributed by atoms with Crippen molar-refractivity contribution in [1.29, 1.82) is 5.26 Å². The Hall–Kier alpha value is -3.53. The second-order valence-electron chi connectivity index (χ2n) is 7.94. The fourth-order valence-corrected chi connectivity index (χ4v) is 4.73. The number of nitriles is 1. The zero-order valence-electron chi connectivity index (χ0n) is 16.0. The Bertz CT molecular complexity index is 1180. The molecular weight excluding hydrogens is 364 g/mol. The van der Waals surface area contributed by atoms with E-state index in [1.54, 1.807) is 18.6 Å². The standard InChI is InChI=1S/C22H20N6O/c1-11-4-5-25-9-15(11)17-6-13-7-18(26-10-16(13)21(24)27-17)28-22(29)20-14-3-2-12(8-23)19(14)20/h4-7,9-10,12,14,19-20H,2-3H2,1H3,(H2,24,27)(H,26,28,29)/t12-,14?,19+,20-/m1/s1. The van der Waals surface area contributed by atoms with Crippen LogP contribution in [0.2, 0.25) is 0 Å². The third-order valence-corrected chi connectivity index (χ3v) is 6.28. The van der Waals surface area contributed by atoms with Gasteiger partial charge in [0, 0.05) is 35.5 Å². The third kappa shape index (κ3) is 2.88. The van der Waals surface area contributed by atoms with E-state index < -0.39 is 0 Å². The number of fused-ring (bicyclic) bond motifs is 2. The third-order valence-electron chi connectivity index (χ3n) is 6.28. The molecule has 4 atom stereocenters. The summed E-state index contributed by atoms with van der Waals surface area (Å²) in [6.07, 6.45) is 7.02. The maximum atomic E-state index is 12.7. The molecule has 3 aromatic rings. The van der Waals surface area contributed by atoms with Crippen LogP contribution in [0.5, 0.6) is 0 Å². The van der Waals surface area contributed by atoms with Crippen LogP contribution in [0.25, 0.3) is 22.0 Å². The van der Waals surface area contributed by atoms with Gasteiger partial charge in [-0.2, -0.15) is 5.26 Å². The van der Waals surface area contributed by atoms with Gasteiger partial charge in [0.05, 0.1) is 17.7 Å². The second-order valence-corrected chi connectivity index (χ2v) is 7.94. The first-order chi connectivity index (χ1) is 14.1. The molecule has 2 saturated carbocycles. The molecule has 5 rings (SSSR count).